The molecule has 0 amide bonds. The van der Waals surface area contributed by atoms with E-state index in [2.05, 4.69) is 20.8 Å². The van der Waals surface area contributed by atoms with Gasteiger partial charge in [0.2, 0.25) is 0 Å². The van der Waals surface area contributed by atoms with Gasteiger partial charge in [-0.3, -0.25) is 0 Å². The molecule has 0 fully saturated rings. The Labute approximate surface area is 125 Å². The van der Waals surface area contributed by atoms with Crippen molar-refractivity contribution in [2.45, 2.75) is 32.3 Å². The van der Waals surface area contributed by atoms with Crippen LogP contribution in [0.4, 0.5) is 4.79 Å². The Balaban J connectivity index is 2.55. The van der Waals surface area contributed by atoms with Gasteiger partial charge in [0, 0.05) is 5.56 Å². The van der Waals surface area contributed by atoms with E-state index in [4.69, 9.17) is 9.84 Å². The first-order valence-electron chi connectivity index (χ1n) is 6.93. The number of ether oxygens (including phenoxy) is 1. The zero-order valence-corrected chi connectivity index (χ0v) is 12.5. The van der Waals surface area contributed by atoms with Gasteiger partial charge in [-0.05, 0) is 16.5 Å². The second-order valence-corrected chi connectivity index (χ2v) is 6.01. The second kappa shape index (κ2) is 6.00. The van der Waals surface area contributed by atoms with Crippen LogP contribution >= 0.6 is 0 Å². The summed E-state index contributed by atoms with van der Waals surface area (Å²) in [6.45, 7) is 6.32. The van der Waals surface area contributed by atoms with Crippen LogP contribution in [0, 0.1) is 0 Å². The summed E-state index contributed by atoms with van der Waals surface area (Å²) < 4.78 is 5.17. The van der Waals surface area contributed by atoms with Gasteiger partial charge in [-0.25, -0.2) is 4.79 Å². The summed E-state index contributed by atoms with van der Waals surface area (Å²) in [7, 11) is 0. The number of benzene rings is 2. The fraction of sp³-hybridized carbons (Fsp3) is 0.278. The standard InChI is InChI=1S/C18H20O3/c1-18(2,3)15-12-8-7-11-14(15)16(21-17(19)20)13-9-5-4-6-10-13/h4-12,16H,1-3H3,(H,19,20). The summed E-state index contributed by atoms with van der Waals surface area (Å²) in [5, 5.41) is 9.08. The molecule has 0 spiro atoms. The molecule has 2 aromatic rings. The summed E-state index contributed by atoms with van der Waals surface area (Å²) in [5.41, 5.74) is 2.71. The third-order valence-electron chi connectivity index (χ3n) is 3.37. The van der Waals surface area contributed by atoms with Crippen LogP contribution in [0.25, 0.3) is 0 Å². The molecule has 0 aromatic heterocycles. The Morgan fingerprint density at radius 3 is 2.14 bits per heavy atom. The molecule has 0 radical (unpaired) electrons. The van der Waals surface area contributed by atoms with Crippen LogP contribution in [0.5, 0.6) is 0 Å². The minimum atomic E-state index is -1.27. The lowest BCUT2D eigenvalue weighted by molar-refractivity contribution is 0.0657. The van der Waals surface area contributed by atoms with Crippen molar-refractivity contribution in [1.82, 2.24) is 0 Å². The molecule has 1 unspecified atom stereocenters. The average molecular weight is 284 g/mol. The van der Waals surface area contributed by atoms with Crippen molar-refractivity contribution >= 4 is 6.16 Å². The van der Waals surface area contributed by atoms with Crippen LogP contribution < -0.4 is 0 Å². The molecule has 0 saturated carbocycles. The zero-order chi connectivity index (χ0) is 15.5. The summed E-state index contributed by atoms with van der Waals surface area (Å²) in [6, 6.07) is 17.3. The lowest BCUT2D eigenvalue weighted by Crippen LogP contribution is -2.19. The highest BCUT2D eigenvalue weighted by Crippen LogP contribution is 2.34. The van der Waals surface area contributed by atoms with Gasteiger partial charge in [-0.1, -0.05) is 75.4 Å². The lowest BCUT2D eigenvalue weighted by atomic mass is 9.81. The second-order valence-electron chi connectivity index (χ2n) is 6.01. The van der Waals surface area contributed by atoms with Crippen LogP contribution in [-0.4, -0.2) is 11.3 Å². The fourth-order valence-electron chi connectivity index (χ4n) is 2.45. The highest BCUT2D eigenvalue weighted by molar-refractivity contribution is 5.58. The molecule has 3 heteroatoms. The van der Waals surface area contributed by atoms with Crippen molar-refractivity contribution in [1.29, 1.82) is 0 Å². The largest absolute Gasteiger partial charge is 0.506 e. The smallest absolute Gasteiger partial charge is 0.450 e. The molecule has 0 bridgehead atoms. The van der Waals surface area contributed by atoms with Gasteiger partial charge >= 0.3 is 6.16 Å². The van der Waals surface area contributed by atoms with E-state index in [9.17, 15) is 4.79 Å². The van der Waals surface area contributed by atoms with Gasteiger partial charge in [-0.15, -0.1) is 0 Å². The first-order chi connectivity index (χ1) is 9.89. The third-order valence-corrected chi connectivity index (χ3v) is 3.37. The normalized spacial score (nSPS) is 12.7. The number of rotatable bonds is 3. The van der Waals surface area contributed by atoms with Gasteiger partial charge in [0.1, 0.15) is 0 Å². The predicted octanol–water partition coefficient (Wildman–Crippen LogP) is 4.77. The summed E-state index contributed by atoms with van der Waals surface area (Å²) in [4.78, 5) is 11.1. The number of hydrogen-bond acceptors (Lipinski definition) is 2. The molecular formula is C18H20O3. The molecule has 0 aliphatic carbocycles. The number of carboxylic acid groups (broad SMARTS) is 1. The van der Waals surface area contributed by atoms with Crippen LogP contribution in [0.1, 0.15) is 43.6 Å². The molecule has 110 valence electrons. The minimum Gasteiger partial charge on any atom is -0.450 e. The molecule has 3 nitrogen and oxygen atoms in total. The van der Waals surface area contributed by atoms with E-state index >= 15 is 0 Å². The molecule has 0 aliphatic heterocycles. The molecule has 1 N–H and O–H groups in total. The third kappa shape index (κ3) is 3.63. The van der Waals surface area contributed by atoms with Crippen molar-refractivity contribution in [3.63, 3.8) is 0 Å². The van der Waals surface area contributed by atoms with Gasteiger partial charge in [0.15, 0.2) is 6.10 Å². The maximum Gasteiger partial charge on any atom is 0.506 e. The first-order valence-corrected chi connectivity index (χ1v) is 6.93. The van der Waals surface area contributed by atoms with Gasteiger partial charge in [0.25, 0.3) is 0 Å². The summed E-state index contributed by atoms with van der Waals surface area (Å²) >= 11 is 0. The SMILES string of the molecule is CC(C)(C)c1ccccc1C(OC(=O)O)c1ccccc1. The van der Waals surface area contributed by atoms with E-state index < -0.39 is 12.3 Å². The molecule has 0 heterocycles. The van der Waals surface area contributed by atoms with E-state index in [1.54, 1.807) is 0 Å². The predicted molar refractivity (Wildman–Crippen MR) is 82.5 cm³/mol. The Kier molecular flexibility index (Phi) is 4.32. The van der Waals surface area contributed by atoms with Gasteiger partial charge < -0.3 is 9.84 Å². The van der Waals surface area contributed by atoms with Crippen LogP contribution in [-0.2, 0) is 10.2 Å². The average Bonchev–Trinajstić information content (AvgIpc) is 2.44. The monoisotopic (exact) mass is 284 g/mol. The van der Waals surface area contributed by atoms with Gasteiger partial charge in [-0.2, -0.15) is 0 Å². The van der Waals surface area contributed by atoms with E-state index in [1.807, 2.05) is 54.6 Å². The summed E-state index contributed by atoms with van der Waals surface area (Å²) in [6.07, 6.45) is -1.88. The topological polar surface area (TPSA) is 46.5 Å². The maximum absolute atomic E-state index is 11.1. The van der Waals surface area contributed by atoms with Crippen molar-refractivity contribution in [2.24, 2.45) is 0 Å². The van der Waals surface area contributed by atoms with Crippen molar-refractivity contribution < 1.29 is 14.6 Å². The Morgan fingerprint density at radius 1 is 1.00 bits per heavy atom. The fourth-order valence-corrected chi connectivity index (χ4v) is 2.45. The van der Waals surface area contributed by atoms with E-state index in [0.717, 1.165) is 16.7 Å². The zero-order valence-electron chi connectivity index (χ0n) is 12.5. The van der Waals surface area contributed by atoms with E-state index in [1.165, 1.54) is 0 Å². The Bertz CT molecular complexity index is 612. The highest BCUT2D eigenvalue weighted by Gasteiger charge is 2.26. The van der Waals surface area contributed by atoms with Crippen molar-refractivity contribution in [3.8, 4) is 0 Å². The lowest BCUT2D eigenvalue weighted by Gasteiger charge is -2.27. The maximum atomic E-state index is 11.1. The van der Waals surface area contributed by atoms with Crippen LogP contribution in [0.2, 0.25) is 0 Å². The van der Waals surface area contributed by atoms with Gasteiger partial charge in [0.05, 0.1) is 0 Å². The molecule has 0 saturated heterocycles. The molecular weight excluding hydrogens is 264 g/mol. The van der Waals surface area contributed by atoms with E-state index in [0.29, 0.717) is 0 Å². The van der Waals surface area contributed by atoms with Crippen LogP contribution in [0.3, 0.4) is 0 Å². The van der Waals surface area contributed by atoms with E-state index in [-0.39, 0.29) is 5.41 Å². The Hall–Kier alpha value is -2.29. The molecule has 21 heavy (non-hydrogen) atoms. The van der Waals surface area contributed by atoms with Crippen LogP contribution in [0.15, 0.2) is 54.6 Å². The molecule has 2 rings (SSSR count). The molecule has 0 aliphatic rings. The van der Waals surface area contributed by atoms with Crippen molar-refractivity contribution in [3.05, 3.63) is 71.3 Å². The highest BCUT2D eigenvalue weighted by atomic mass is 16.7. The Morgan fingerprint density at radius 2 is 1.57 bits per heavy atom. The molecule has 2 aromatic carbocycles. The first kappa shape index (κ1) is 15.1. The van der Waals surface area contributed by atoms with Crippen molar-refractivity contribution in [2.75, 3.05) is 0 Å². The quantitative estimate of drug-likeness (QED) is 0.826. The number of carbonyl (C=O) groups is 1. The summed E-state index contributed by atoms with van der Waals surface area (Å²) in [5.74, 6) is 0. The number of hydrogen-bond donors (Lipinski definition) is 1. The minimum absolute atomic E-state index is 0.0918. The molecule has 1 atom stereocenters.